The van der Waals surface area contributed by atoms with Crippen LogP contribution < -0.4 is 0 Å². The zero-order chi connectivity index (χ0) is 22.1. The van der Waals surface area contributed by atoms with E-state index in [0.717, 1.165) is 22.0 Å². The van der Waals surface area contributed by atoms with Crippen molar-refractivity contribution < 1.29 is 13.6 Å². The summed E-state index contributed by atoms with van der Waals surface area (Å²) in [5.41, 5.74) is 4.39. The lowest BCUT2D eigenvalue weighted by Crippen LogP contribution is -2.06. The lowest BCUT2D eigenvalue weighted by molar-refractivity contribution is 0.104. The van der Waals surface area contributed by atoms with Gasteiger partial charge in [0.1, 0.15) is 11.6 Å². The van der Waals surface area contributed by atoms with Gasteiger partial charge in [-0.1, -0.05) is 60.7 Å². The number of carbonyl (C=O) groups is 1. The molecule has 0 aliphatic carbocycles. The Morgan fingerprint density at radius 2 is 1.28 bits per heavy atom. The summed E-state index contributed by atoms with van der Waals surface area (Å²) < 4.78 is 29.2. The molecule has 5 rings (SSSR count). The molecule has 5 aromatic rings. The molecular weight excluding hydrogens is 404 g/mol. The third-order valence-electron chi connectivity index (χ3n) is 5.61. The van der Waals surface area contributed by atoms with Gasteiger partial charge in [0, 0.05) is 23.0 Å². The summed E-state index contributed by atoms with van der Waals surface area (Å²) in [5, 5.41) is 0.822. The summed E-state index contributed by atoms with van der Waals surface area (Å²) in [4.78, 5) is 13.7. The van der Waals surface area contributed by atoms with Crippen molar-refractivity contribution in [1.29, 1.82) is 0 Å². The van der Waals surface area contributed by atoms with Crippen molar-refractivity contribution >= 4 is 16.7 Å². The molecule has 0 fully saturated rings. The van der Waals surface area contributed by atoms with Crippen LogP contribution in [0.4, 0.5) is 8.78 Å². The molecule has 32 heavy (non-hydrogen) atoms. The highest BCUT2D eigenvalue weighted by Gasteiger charge is 2.24. The van der Waals surface area contributed by atoms with Gasteiger partial charge in [-0.05, 0) is 53.6 Å². The summed E-state index contributed by atoms with van der Waals surface area (Å²) in [6, 6.07) is 29.3. The van der Waals surface area contributed by atoms with Crippen molar-refractivity contribution in [3.05, 3.63) is 131 Å². The van der Waals surface area contributed by atoms with Crippen molar-refractivity contribution in [3.8, 4) is 11.3 Å². The number of hydrogen-bond donors (Lipinski definition) is 0. The Balaban J connectivity index is 1.79. The smallest absolute Gasteiger partial charge is 0.195 e. The summed E-state index contributed by atoms with van der Waals surface area (Å²) in [5.74, 6) is -0.741. The molecule has 0 N–H and O–H groups in total. The molecule has 0 unspecified atom stereocenters. The van der Waals surface area contributed by atoms with E-state index in [-0.39, 0.29) is 17.4 Å². The summed E-state index contributed by atoms with van der Waals surface area (Å²) in [6.45, 7) is 0.440. The van der Waals surface area contributed by atoms with Crippen LogP contribution in [0.1, 0.15) is 21.5 Å². The van der Waals surface area contributed by atoms with Gasteiger partial charge in [-0.25, -0.2) is 8.78 Å². The summed E-state index contributed by atoms with van der Waals surface area (Å²) in [7, 11) is 0. The molecule has 4 aromatic carbocycles. The molecule has 0 spiro atoms. The third kappa shape index (κ3) is 3.60. The first-order valence-electron chi connectivity index (χ1n) is 10.3. The monoisotopic (exact) mass is 423 g/mol. The topological polar surface area (TPSA) is 22.0 Å². The van der Waals surface area contributed by atoms with Gasteiger partial charge < -0.3 is 4.57 Å². The fourth-order valence-electron chi connectivity index (χ4n) is 4.11. The Bertz CT molecular complexity index is 1400. The zero-order valence-electron chi connectivity index (χ0n) is 17.1. The second-order valence-electron chi connectivity index (χ2n) is 7.66. The minimum Gasteiger partial charge on any atom is -0.335 e. The van der Waals surface area contributed by atoms with Gasteiger partial charge in [-0.15, -0.1) is 0 Å². The number of para-hydroxylation sites is 1. The lowest BCUT2D eigenvalue weighted by Gasteiger charge is -2.13. The predicted octanol–water partition coefficient (Wildman–Crippen LogP) is 6.87. The van der Waals surface area contributed by atoms with Crippen molar-refractivity contribution in [3.63, 3.8) is 0 Å². The van der Waals surface area contributed by atoms with E-state index in [0.29, 0.717) is 23.4 Å². The first-order chi connectivity index (χ1) is 15.6. The number of fused-ring (bicyclic) bond motifs is 1. The van der Waals surface area contributed by atoms with Crippen LogP contribution in [0.25, 0.3) is 22.2 Å². The van der Waals surface area contributed by atoms with Crippen LogP contribution in [-0.4, -0.2) is 10.4 Å². The molecule has 2 nitrogen and oxygen atoms in total. The van der Waals surface area contributed by atoms with Crippen molar-refractivity contribution in [2.24, 2.45) is 0 Å². The maximum absolute atomic E-state index is 13.7. The molecule has 1 aromatic heterocycles. The molecular formula is C28H19F2NO. The summed E-state index contributed by atoms with van der Waals surface area (Å²) >= 11 is 0. The van der Waals surface area contributed by atoms with Gasteiger partial charge in [-0.3, -0.25) is 4.79 Å². The quantitative estimate of drug-likeness (QED) is 0.283. The molecule has 0 aliphatic rings. The number of benzene rings is 4. The maximum atomic E-state index is 13.7. The predicted molar refractivity (Wildman–Crippen MR) is 123 cm³/mol. The molecule has 1 heterocycles. The van der Waals surface area contributed by atoms with E-state index in [9.17, 15) is 13.6 Å². The average Bonchev–Trinajstić information content (AvgIpc) is 3.15. The minimum absolute atomic E-state index is 0.0982. The van der Waals surface area contributed by atoms with Gasteiger partial charge in [-0.2, -0.15) is 0 Å². The molecule has 0 saturated carbocycles. The molecule has 0 radical (unpaired) electrons. The van der Waals surface area contributed by atoms with E-state index < -0.39 is 0 Å². The number of ketones is 1. The van der Waals surface area contributed by atoms with Crippen LogP contribution in [0.3, 0.4) is 0 Å². The zero-order valence-corrected chi connectivity index (χ0v) is 17.1. The van der Waals surface area contributed by atoms with E-state index in [1.807, 2.05) is 47.0 Å². The normalized spacial score (nSPS) is 11.1. The number of aromatic nitrogens is 1. The number of rotatable bonds is 5. The lowest BCUT2D eigenvalue weighted by atomic mass is 9.97. The SMILES string of the molecule is O=C(c1ccccc1)c1c(-c2ccc(F)cc2)n(Cc2ccc(F)cc2)c2ccccc12. The van der Waals surface area contributed by atoms with Crippen LogP contribution in [-0.2, 0) is 6.54 Å². The van der Waals surface area contributed by atoms with Crippen LogP contribution >= 0.6 is 0 Å². The number of halogens is 2. The third-order valence-corrected chi connectivity index (χ3v) is 5.61. The average molecular weight is 423 g/mol. The van der Waals surface area contributed by atoms with Gasteiger partial charge in [0.05, 0.1) is 11.3 Å². The Kier molecular flexibility index (Phi) is 5.12. The Labute approximate surface area is 184 Å². The second-order valence-corrected chi connectivity index (χ2v) is 7.66. The van der Waals surface area contributed by atoms with Crippen LogP contribution in [0.15, 0.2) is 103 Å². The Hall–Kier alpha value is -4.05. The molecule has 156 valence electrons. The number of carbonyl (C=O) groups excluding carboxylic acids is 1. The standard InChI is InChI=1S/C28H19F2NO/c29-22-14-10-19(11-15-22)18-31-25-9-5-4-8-24(25)26(28(32)21-6-2-1-3-7-21)27(31)20-12-16-23(30)17-13-20/h1-17H,18H2. The Morgan fingerprint density at radius 3 is 1.97 bits per heavy atom. The Morgan fingerprint density at radius 1 is 0.688 bits per heavy atom. The number of nitrogens with zero attached hydrogens (tertiary/aromatic N) is 1. The van der Waals surface area contributed by atoms with E-state index >= 15 is 0 Å². The van der Waals surface area contributed by atoms with Crippen LogP contribution in [0, 0.1) is 11.6 Å². The van der Waals surface area contributed by atoms with E-state index in [2.05, 4.69) is 0 Å². The maximum Gasteiger partial charge on any atom is 0.195 e. The number of hydrogen-bond acceptors (Lipinski definition) is 1. The molecule has 0 atom stereocenters. The van der Waals surface area contributed by atoms with E-state index in [1.54, 1.807) is 36.4 Å². The van der Waals surface area contributed by atoms with Gasteiger partial charge in [0.2, 0.25) is 0 Å². The van der Waals surface area contributed by atoms with Gasteiger partial charge in [0.25, 0.3) is 0 Å². The van der Waals surface area contributed by atoms with Gasteiger partial charge >= 0.3 is 0 Å². The van der Waals surface area contributed by atoms with Crippen molar-refractivity contribution in [2.75, 3.05) is 0 Å². The second kappa shape index (κ2) is 8.23. The largest absolute Gasteiger partial charge is 0.335 e. The van der Waals surface area contributed by atoms with E-state index in [1.165, 1.54) is 24.3 Å². The highest BCUT2D eigenvalue weighted by Crippen LogP contribution is 2.36. The summed E-state index contributed by atoms with van der Waals surface area (Å²) in [6.07, 6.45) is 0. The van der Waals surface area contributed by atoms with E-state index in [4.69, 9.17) is 0 Å². The first-order valence-corrected chi connectivity index (χ1v) is 10.3. The highest BCUT2D eigenvalue weighted by molar-refractivity contribution is 6.20. The minimum atomic E-state index is -0.342. The van der Waals surface area contributed by atoms with Crippen LogP contribution in [0.5, 0.6) is 0 Å². The molecule has 0 saturated heterocycles. The molecule has 0 bridgehead atoms. The molecule has 4 heteroatoms. The first kappa shape index (κ1) is 19.9. The molecule has 0 aliphatic heterocycles. The van der Waals surface area contributed by atoms with Gasteiger partial charge in [0.15, 0.2) is 5.78 Å². The van der Waals surface area contributed by atoms with Crippen molar-refractivity contribution in [1.82, 2.24) is 4.57 Å². The van der Waals surface area contributed by atoms with Crippen molar-refractivity contribution in [2.45, 2.75) is 6.54 Å². The highest BCUT2D eigenvalue weighted by atomic mass is 19.1. The fourth-order valence-corrected chi connectivity index (χ4v) is 4.11. The van der Waals surface area contributed by atoms with Crippen LogP contribution in [0.2, 0.25) is 0 Å². The fraction of sp³-hybridized carbons (Fsp3) is 0.0357. The molecule has 0 amide bonds.